The Labute approximate surface area is 151 Å². The molecule has 2 atom stereocenters. The molecule has 0 radical (unpaired) electrons. The lowest BCUT2D eigenvalue weighted by molar-refractivity contribution is -0.513. The Hall–Kier alpha value is -0.633. The standard InChI is InChI=1S/C17H31NO4SSi/c1-16(2,3)24(5,6)22-13-9-12-21-14-17(23-4)11-8-7-10-15(17)18(19)20/h7-8,10-11,15H,9,12-14H2,1-6H3. The summed E-state index contributed by atoms with van der Waals surface area (Å²) in [6, 6.07) is -0.749. The van der Waals surface area contributed by atoms with E-state index in [1.807, 2.05) is 18.4 Å². The summed E-state index contributed by atoms with van der Waals surface area (Å²) in [5.74, 6) is 0. The molecule has 7 heteroatoms. The average molecular weight is 374 g/mol. The summed E-state index contributed by atoms with van der Waals surface area (Å²) in [5, 5.41) is 11.5. The maximum Gasteiger partial charge on any atom is 0.251 e. The third-order valence-electron chi connectivity index (χ3n) is 4.92. The van der Waals surface area contributed by atoms with Crippen LogP contribution in [0.4, 0.5) is 0 Å². The highest BCUT2D eigenvalue weighted by Gasteiger charge is 2.44. The summed E-state index contributed by atoms with van der Waals surface area (Å²) in [7, 11) is -1.71. The number of nitrogens with zero attached hydrogens (tertiary/aromatic N) is 1. The molecule has 0 amide bonds. The molecule has 0 aromatic carbocycles. The van der Waals surface area contributed by atoms with Gasteiger partial charge in [-0.1, -0.05) is 39.0 Å². The van der Waals surface area contributed by atoms with Crippen LogP contribution in [0.2, 0.25) is 18.1 Å². The topological polar surface area (TPSA) is 61.6 Å². The van der Waals surface area contributed by atoms with Crippen molar-refractivity contribution in [3.05, 3.63) is 34.4 Å². The molecule has 5 nitrogen and oxygen atoms in total. The molecule has 138 valence electrons. The molecule has 0 aromatic rings. The van der Waals surface area contributed by atoms with Gasteiger partial charge >= 0.3 is 0 Å². The summed E-state index contributed by atoms with van der Waals surface area (Å²) >= 11 is 1.47. The highest BCUT2D eigenvalue weighted by atomic mass is 32.2. The van der Waals surface area contributed by atoms with E-state index < -0.39 is 19.1 Å². The minimum absolute atomic E-state index is 0.203. The van der Waals surface area contributed by atoms with Gasteiger partial charge < -0.3 is 9.16 Å². The third kappa shape index (κ3) is 5.44. The van der Waals surface area contributed by atoms with Crippen LogP contribution in [0.1, 0.15) is 27.2 Å². The largest absolute Gasteiger partial charge is 0.417 e. The van der Waals surface area contributed by atoms with Gasteiger partial charge in [-0.25, -0.2) is 0 Å². The SMILES string of the molecule is CSC1(COCCCO[Si](C)(C)C(C)(C)C)C=CC=CC1[N+](=O)[O-]. The molecule has 0 N–H and O–H groups in total. The molecule has 24 heavy (non-hydrogen) atoms. The number of nitro groups is 1. The van der Waals surface area contributed by atoms with Gasteiger partial charge in [-0.3, -0.25) is 10.1 Å². The third-order valence-corrected chi connectivity index (χ3v) is 10.7. The molecule has 0 bridgehead atoms. The molecule has 2 unspecified atom stereocenters. The minimum Gasteiger partial charge on any atom is -0.417 e. The minimum atomic E-state index is -1.71. The summed E-state index contributed by atoms with van der Waals surface area (Å²) in [4.78, 5) is 11.1. The summed E-state index contributed by atoms with van der Waals surface area (Å²) in [6.45, 7) is 12.7. The number of hydrogen-bond acceptors (Lipinski definition) is 5. The predicted molar refractivity (Wildman–Crippen MR) is 104 cm³/mol. The van der Waals surface area contributed by atoms with Crippen molar-refractivity contribution in [1.82, 2.24) is 0 Å². The second-order valence-electron chi connectivity index (χ2n) is 7.65. The van der Waals surface area contributed by atoms with Crippen LogP contribution in [0.25, 0.3) is 0 Å². The van der Waals surface area contributed by atoms with Crippen molar-refractivity contribution in [3.8, 4) is 0 Å². The zero-order valence-corrected chi connectivity index (χ0v) is 17.5. The first-order valence-corrected chi connectivity index (χ1v) is 12.5. The zero-order valence-electron chi connectivity index (χ0n) is 15.7. The quantitative estimate of drug-likeness (QED) is 0.261. The lowest BCUT2D eigenvalue weighted by atomic mass is 9.95. The molecular formula is C17H31NO4SSi. The maximum absolute atomic E-state index is 11.3. The van der Waals surface area contributed by atoms with E-state index in [-0.39, 0.29) is 9.96 Å². The van der Waals surface area contributed by atoms with Crippen LogP contribution in [0.3, 0.4) is 0 Å². The van der Waals surface area contributed by atoms with E-state index in [9.17, 15) is 10.1 Å². The van der Waals surface area contributed by atoms with Gasteiger partial charge in [0.05, 0.1) is 6.61 Å². The van der Waals surface area contributed by atoms with Gasteiger partial charge in [0, 0.05) is 18.1 Å². The lowest BCUT2D eigenvalue weighted by Crippen LogP contribution is -2.46. The first-order chi connectivity index (χ1) is 11.1. The van der Waals surface area contributed by atoms with Crippen molar-refractivity contribution in [2.45, 2.75) is 56.1 Å². The molecule has 0 saturated heterocycles. The van der Waals surface area contributed by atoms with Crippen LogP contribution in [0.15, 0.2) is 24.3 Å². The number of hydrogen-bond donors (Lipinski definition) is 0. The first-order valence-electron chi connectivity index (χ1n) is 8.32. The van der Waals surface area contributed by atoms with E-state index in [0.717, 1.165) is 6.42 Å². The Morgan fingerprint density at radius 3 is 2.50 bits per heavy atom. The second-order valence-corrected chi connectivity index (χ2v) is 13.6. The molecule has 0 saturated carbocycles. The maximum atomic E-state index is 11.3. The zero-order chi connectivity index (χ0) is 18.4. The molecule has 0 aromatic heterocycles. The fourth-order valence-corrected chi connectivity index (χ4v) is 4.13. The van der Waals surface area contributed by atoms with Crippen molar-refractivity contribution in [2.75, 3.05) is 26.1 Å². The van der Waals surface area contributed by atoms with Crippen LogP contribution in [0, 0.1) is 10.1 Å². The van der Waals surface area contributed by atoms with Gasteiger partial charge in [-0.2, -0.15) is 0 Å². The smallest absolute Gasteiger partial charge is 0.251 e. The monoisotopic (exact) mass is 373 g/mol. The Morgan fingerprint density at radius 2 is 1.96 bits per heavy atom. The van der Waals surface area contributed by atoms with E-state index in [2.05, 4.69) is 33.9 Å². The van der Waals surface area contributed by atoms with Gasteiger partial charge in [0.15, 0.2) is 8.32 Å². The molecule has 0 fully saturated rings. The van der Waals surface area contributed by atoms with Crippen LogP contribution < -0.4 is 0 Å². The van der Waals surface area contributed by atoms with Crippen LogP contribution in [-0.2, 0) is 9.16 Å². The highest BCUT2D eigenvalue weighted by molar-refractivity contribution is 8.00. The van der Waals surface area contributed by atoms with E-state index in [4.69, 9.17) is 9.16 Å². The van der Waals surface area contributed by atoms with Gasteiger partial charge in [0.2, 0.25) is 0 Å². The Bertz CT molecular complexity index is 487. The van der Waals surface area contributed by atoms with Crippen molar-refractivity contribution < 1.29 is 14.1 Å². The van der Waals surface area contributed by atoms with Crippen LogP contribution in [-0.4, -0.2) is 50.1 Å². The van der Waals surface area contributed by atoms with Crippen LogP contribution in [0.5, 0.6) is 0 Å². The molecule has 0 spiro atoms. The van der Waals surface area contributed by atoms with Gasteiger partial charge in [0.25, 0.3) is 6.04 Å². The highest BCUT2D eigenvalue weighted by Crippen LogP contribution is 2.36. The first kappa shape index (κ1) is 21.4. The summed E-state index contributed by atoms with van der Waals surface area (Å²) in [5.41, 5.74) is 0. The van der Waals surface area contributed by atoms with Crippen molar-refractivity contribution in [2.24, 2.45) is 0 Å². The fraction of sp³-hybridized carbons (Fsp3) is 0.765. The van der Waals surface area contributed by atoms with Crippen LogP contribution >= 0.6 is 11.8 Å². The van der Waals surface area contributed by atoms with E-state index >= 15 is 0 Å². The summed E-state index contributed by atoms with van der Waals surface area (Å²) < 4.78 is 11.3. The summed E-state index contributed by atoms with van der Waals surface area (Å²) in [6.07, 6.45) is 9.82. The lowest BCUT2D eigenvalue weighted by Gasteiger charge is -2.36. The molecule has 0 heterocycles. The van der Waals surface area contributed by atoms with Crippen molar-refractivity contribution >= 4 is 20.1 Å². The molecular weight excluding hydrogens is 342 g/mol. The van der Waals surface area contributed by atoms with Crippen molar-refractivity contribution in [3.63, 3.8) is 0 Å². The van der Waals surface area contributed by atoms with Gasteiger partial charge in [0.1, 0.15) is 4.75 Å². The molecule has 1 rings (SSSR count). The second kappa shape index (κ2) is 8.65. The Morgan fingerprint density at radius 1 is 1.29 bits per heavy atom. The van der Waals surface area contributed by atoms with E-state index in [0.29, 0.717) is 19.8 Å². The number of thioether (sulfide) groups is 1. The van der Waals surface area contributed by atoms with E-state index in [1.54, 1.807) is 12.2 Å². The van der Waals surface area contributed by atoms with E-state index in [1.165, 1.54) is 11.8 Å². The van der Waals surface area contributed by atoms with Gasteiger partial charge in [-0.15, -0.1) is 11.8 Å². The van der Waals surface area contributed by atoms with Crippen molar-refractivity contribution in [1.29, 1.82) is 0 Å². The number of allylic oxidation sites excluding steroid dienone is 2. The average Bonchev–Trinajstić information content (AvgIpc) is 2.49. The number of rotatable bonds is 9. The molecule has 1 aliphatic rings. The fourth-order valence-electron chi connectivity index (χ4n) is 2.22. The Balaban J connectivity index is 2.42. The molecule has 1 aliphatic carbocycles. The molecule has 0 aliphatic heterocycles. The Kier molecular flexibility index (Phi) is 7.71. The normalized spacial score (nSPS) is 24.3. The predicted octanol–water partition coefficient (Wildman–Crippen LogP) is 4.29. The number of ether oxygens (including phenoxy) is 1. The van der Waals surface area contributed by atoms with Gasteiger partial charge in [-0.05, 0) is 36.9 Å².